The van der Waals surface area contributed by atoms with E-state index in [1.807, 2.05) is 18.2 Å². The first-order valence-corrected chi connectivity index (χ1v) is 10.2. The molecule has 0 spiro atoms. The van der Waals surface area contributed by atoms with Gasteiger partial charge in [0.05, 0.1) is 31.1 Å². The van der Waals surface area contributed by atoms with Crippen molar-refractivity contribution in [3.63, 3.8) is 0 Å². The first-order chi connectivity index (χ1) is 14.3. The van der Waals surface area contributed by atoms with Crippen LogP contribution < -0.4 is 10.2 Å². The van der Waals surface area contributed by atoms with E-state index in [1.54, 1.807) is 0 Å². The topological polar surface area (TPSA) is 119 Å². The van der Waals surface area contributed by atoms with Crippen LogP contribution in [0.5, 0.6) is 0 Å². The Hall–Kier alpha value is -2.65. The minimum Gasteiger partial charge on any atom is -0.473 e. The van der Waals surface area contributed by atoms with Crippen LogP contribution in [0.1, 0.15) is 20.3 Å². The highest BCUT2D eigenvalue weighted by Gasteiger charge is 2.24. The second kappa shape index (κ2) is 11.5. The zero-order valence-electron chi connectivity index (χ0n) is 17.5. The second-order valence-electron chi connectivity index (χ2n) is 7.92. The molecular weight excluding hydrogens is 390 g/mol. The van der Waals surface area contributed by atoms with E-state index in [2.05, 4.69) is 35.0 Å². The number of nitrogens with zero attached hydrogens (tertiary/aromatic N) is 2. The normalized spacial score (nSPS) is 21.9. The molecule has 166 valence electrons. The highest BCUT2D eigenvalue weighted by Crippen LogP contribution is 2.26. The van der Waals surface area contributed by atoms with Gasteiger partial charge in [-0.25, -0.2) is 9.59 Å². The fourth-order valence-electron chi connectivity index (χ4n) is 3.97. The van der Waals surface area contributed by atoms with Crippen molar-refractivity contribution in [2.75, 3.05) is 56.2 Å². The fraction of sp³-hybridized carbons (Fsp3) is 0.571. The quantitative estimate of drug-likeness (QED) is 0.627. The molecule has 0 saturated carbocycles. The molecule has 3 N–H and O–H groups in total. The SMILES string of the molecule is CC1CC(C)CN(CC(=O)Nc2ccccc2N2CCOCC2)C1.O=C(O)C(=O)O. The molecule has 1 aromatic rings. The third-order valence-corrected chi connectivity index (χ3v) is 5.02. The summed E-state index contributed by atoms with van der Waals surface area (Å²) in [5.74, 6) is -2.23. The van der Waals surface area contributed by atoms with Crippen LogP contribution in [0.25, 0.3) is 0 Å². The number of nitrogens with one attached hydrogen (secondary N) is 1. The number of ether oxygens (including phenoxy) is 1. The Balaban J connectivity index is 0.000000469. The number of morpholine rings is 1. The molecule has 2 heterocycles. The first kappa shape index (κ1) is 23.6. The van der Waals surface area contributed by atoms with Crippen molar-refractivity contribution in [2.45, 2.75) is 20.3 Å². The van der Waals surface area contributed by atoms with Gasteiger partial charge >= 0.3 is 11.9 Å². The van der Waals surface area contributed by atoms with Gasteiger partial charge < -0.3 is 25.2 Å². The predicted octanol–water partition coefficient (Wildman–Crippen LogP) is 1.60. The summed E-state index contributed by atoms with van der Waals surface area (Å²) >= 11 is 0. The molecule has 0 aromatic heterocycles. The van der Waals surface area contributed by atoms with Gasteiger partial charge in [0.25, 0.3) is 0 Å². The number of hydrogen-bond acceptors (Lipinski definition) is 6. The van der Waals surface area contributed by atoms with Crippen LogP contribution in [0, 0.1) is 11.8 Å². The maximum atomic E-state index is 12.5. The van der Waals surface area contributed by atoms with Gasteiger partial charge in [0.1, 0.15) is 0 Å². The van der Waals surface area contributed by atoms with Gasteiger partial charge in [-0.3, -0.25) is 9.69 Å². The Bertz CT molecular complexity index is 713. The number of hydrogen-bond donors (Lipinski definition) is 3. The molecule has 30 heavy (non-hydrogen) atoms. The summed E-state index contributed by atoms with van der Waals surface area (Å²) in [5, 5.41) is 17.9. The molecular formula is C21H31N3O6. The largest absolute Gasteiger partial charge is 0.473 e. The van der Waals surface area contributed by atoms with Gasteiger partial charge in [0, 0.05) is 26.2 Å². The number of carbonyl (C=O) groups is 3. The smallest absolute Gasteiger partial charge is 0.414 e. The Labute approximate surface area is 176 Å². The summed E-state index contributed by atoms with van der Waals surface area (Å²) in [6.07, 6.45) is 1.26. The van der Waals surface area contributed by atoms with Crippen molar-refractivity contribution in [1.29, 1.82) is 0 Å². The van der Waals surface area contributed by atoms with E-state index in [0.29, 0.717) is 18.4 Å². The fourth-order valence-corrected chi connectivity index (χ4v) is 3.97. The number of carboxylic acid groups (broad SMARTS) is 2. The summed E-state index contributed by atoms with van der Waals surface area (Å²) in [6, 6.07) is 8.06. The Morgan fingerprint density at radius 1 is 1.03 bits per heavy atom. The molecule has 2 saturated heterocycles. The van der Waals surface area contributed by atoms with Crippen LogP contribution in [-0.2, 0) is 19.1 Å². The lowest BCUT2D eigenvalue weighted by atomic mass is 9.92. The van der Waals surface area contributed by atoms with Gasteiger partial charge in [-0.15, -0.1) is 0 Å². The molecule has 2 fully saturated rings. The average molecular weight is 421 g/mol. The molecule has 2 atom stereocenters. The lowest BCUT2D eigenvalue weighted by molar-refractivity contribution is -0.159. The van der Waals surface area contributed by atoms with Crippen molar-refractivity contribution in [3.8, 4) is 0 Å². The number of anilines is 2. The Morgan fingerprint density at radius 2 is 1.60 bits per heavy atom. The third kappa shape index (κ3) is 7.64. The van der Waals surface area contributed by atoms with Crippen LogP contribution in [0.15, 0.2) is 24.3 Å². The first-order valence-electron chi connectivity index (χ1n) is 10.2. The van der Waals surface area contributed by atoms with Gasteiger partial charge in [0.15, 0.2) is 0 Å². The molecule has 2 aliphatic heterocycles. The van der Waals surface area contributed by atoms with E-state index in [1.165, 1.54) is 6.42 Å². The van der Waals surface area contributed by atoms with Gasteiger partial charge in [-0.2, -0.15) is 0 Å². The number of likely N-dealkylation sites (tertiary alicyclic amines) is 1. The Morgan fingerprint density at radius 3 is 2.17 bits per heavy atom. The van der Waals surface area contributed by atoms with Gasteiger partial charge in [-0.05, 0) is 30.4 Å². The minimum atomic E-state index is -1.82. The average Bonchev–Trinajstić information content (AvgIpc) is 2.68. The van der Waals surface area contributed by atoms with Crippen molar-refractivity contribution in [1.82, 2.24) is 4.90 Å². The lowest BCUT2D eigenvalue weighted by Crippen LogP contribution is -2.43. The zero-order valence-corrected chi connectivity index (χ0v) is 17.5. The van der Waals surface area contributed by atoms with Crippen LogP contribution in [-0.4, -0.2) is 78.9 Å². The summed E-state index contributed by atoms with van der Waals surface area (Å²) in [6.45, 7) is 10.3. The van der Waals surface area contributed by atoms with Gasteiger partial charge in [-0.1, -0.05) is 26.0 Å². The van der Waals surface area contributed by atoms with Crippen LogP contribution in [0.4, 0.5) is 11.4 Å². The van der Waals surface area contributed by atoms with Crippen LogP contribution in [0.2, 0.25) is 0 Å². The molecule has 3 rings (SSSR count). The molecule has 0 bridgehead atoms. The van der Waals surface area contributed by atoms with Crippen LogP contribution >= 0.6 is 0 Å². The predicted molar refractivity (Wildman–Crippen MR) is 113 cm³/mol. The van der Waals surface area contributed by atoms with E-state index in [9.17, 15) is 4.79 Å². The van der Waals surface area contributed by atoms with E-state index >= 15 is 0 Å². The van der Waals surface area contributed by atoms with Crippen molar-refractivity contribution >= 4 is 29.2 Å². The number of amides is 1. The number of carboxylic acids is 2. The van der Waals surface area contributed by atoms with Crippen molar-refractivity contribution in [3.05, 3.63) is 24.3 Å². The summed E-state index contributed by atoms with van der Waals surface area (Å²) < 4.78 is 5.43. The number of benzene rings is 1. The molecule has 2 aliphatic rings. The molecule has 0 radical (unpaired) electrons. The number of carbonyl (C=O) groups excluding carboxylic acids is 1. The molecule has 2 unspecified atom stereocenters. The highest BCUT2D eigenvalue weighted by molar-refractivity contribution is 6.27. The minimum absolute atomic E-state index is 0.0806. The lowest BCUT2D eigenvalue weighted by Gasteiger charge is -2.34. The van der Waals surface area contributed by atoms with E-state index in [4.69, 9.17) is 24.5 Å². The van der Waals surface area contributed by atoms with E-state index < -0.39 is 11.9 Å². The molecule has 9 nitrogen and oxygen atoms in total. The van der Waals surface area contributed by atoms with Crippen LogP contribution in [0.3, 0.4) is 0 Å². The monoisotopic (exact) mass is 421 g/mol. The second-order valence-corrected chi connectivity index (χ2v) is 7.92. The maximum absolute atomic E-state index is 12.5. The summed E-state index contributed by atoms with van der Waals surface area (Å²) in [4.78, 5) is 35.3. The zero-order chi connectivity index (χ0) is 22.1. The maximum Gasteiger partial charge on any atom is 0.414 e. The van der Waals surface area contributed by atoms with Crippen molar-refractivity contribution < 1.29 is 29.3 Å². The molecule has 9 heteroatoms. The third-order valence-electron chi connectivity index (χ3n) is 5.02. The molecule has 1 aromatic carbocycles. The highest BCUT2D eigenvalue weighted by atomic mass is 16.5. The standard InChI is InChI=1S/C19H29N3O2.C2H2O4/c1-15-11-16(2)13-21(12-15)14-19(23)20-17-5-3-4-6-18(17)22-7-9-24-10-8-22;3-1(4)2(5)6/h3-6,15-16H,7-14H2,1-2H3,(H,20,23);(H,3,4)(H,5,6). The summed E-state index contributed by atoms with van der Waals surface area (Å²) in [5.41, 5.74) is 2.00. The van der Waals surface area contributed by atoms with Gasteiger partial charge in [0.2, 0.25) is 5.91 Å². The van der Waals surface area contributed by atoms with E-state index in [0.717, 1.165) is 50.8 Å². The van der Waals surface area contributed by atoms with Crippen molar-refractivity contribution in [2.24, 2.45) is 11.8 Å². The number of rotatable bonds is 4. The molecule has 0 aliphatic carbocycles. The number of piperidine rings is 1. The van der Waals surface area contributed by atoms with E-state index in [-0.39, 0.29) is 5.91 Å². The number of aliphatic carboxylic acids is 2. The number of para-hydroxylation sites is 2. The Kier molecular flexibility index (Phi) is 9.07. The molecule has 1 amide bonds. The summed E-state index contributed by atoms with van der Waals surface area (Å²) in [7, 11) is 0.